The minimum absolute atomic E-state index is 0.00182. The number of nitrogens with zero attached hydrogens (tertiary/aromatic N) is 2. The number of hydrogen-bond donors (Lipinski definition) is 1. The lowest BCUT2D eigenvalue weighted by Crippen LogP contribution is -2.29. The molecular weight excluding hydrogens is 274 g/mol. The summed E-state index contributed by atoms with van der Waals surface area (Å²) in [6.07, 6.45) is 8.35. The highest BCUT2D eigenvalue weighted by atomic mass is 16.1. The topological polar surface area (TPSA) is 46.9 Å². The molecule has 0 spiro atoms. The Morgan fingerprint density at radius 2 is 2.05 bits per heavy atom. The standard InChI is InChI=1S/C18H25N3O/c1-3-5-7-15(4-2)14-19-18(22)16-8-10-17(11-9-16)21-13-6-12-20-21/h6,8-13,15H,3-5,7,14H2,1-2H3,(H,19,22). The lowest BCUT2D eigenvalue weighted by molar-refractivity contribution is 0.0946. The highest BCUT2D eigenvalue weighted by Crippen LogP contribution is 2.12. The van der Waals surface area contributed by atoms with Crippen molar-refractivity contribution in [2.75, 3.05) is 6.54 Å². The third kappa shape index (κ3) is 4.45. The first-order valence-electron chi connectivity index (χ1n) is 8.12. The molecule has 0 bridgehead atoms. The van der Waals surface area contributed by atoms with Crippen LogP contribution < -0.4 is 5.32 Å². The lowest BCUT2D eigenvalue weighted by atomic mass is 9.99. The molecule has 2 aromatic rings. The summed E-state index contributed by atoms with van der Waals surface area (Å²) in [6, 6.07) is 9.40. The molecule has 1 aromatic heterocycles. The van der Waals surface area contributed by atoms with E-state index in [1.54, 1.807) is 10.9 Å². The molecule has 1 amide bonds. The fourth-order valence-electron chi connectivity index (χ4n) is 2.47. The van der Waals surface area contributed by atoms with Crippen molar-refractivity contribution in [3.63, 3.8) is 0 Å². The number of hydrogen-bond acceptors (Lipinski definition) is 2. The zero-order chi connectivity index (χ0) is 15.8. The van der Waals surface area contributed by atoms with Crippen molar-refractivity contribution < 1.29 is 4.79 Å². The monoisotopic (exact) mass is 299 g/mol. The molecule has 0 aliphatic carbocycles. The summed E-state index contributed by atoms with van der Waals surface area (Å²) < 4.78 is 1.78. The van der Waals surface area contributed by atoms with Crippen LogP contribution in [-0.4, -0.2) is 22.2 Å². The van der Waals surface area contributed by atoms with Gasteiger partial charge in [0.05, 0.1) is 5.69 Å². The molecule has 1 unspecified atom stereocenters. The molecule has 1 N–H and O–H groups in total. The van der Waals surface area contributed by atoms with Gasteiger partial charge < -0.3 is 5.32 Å². The number of nitrogens with one attached hydrogen (secondary N) is 1. The largest absolute Gasteiger partial charge is 0.352 e. The maximum Gasteiger partial charge on any atom is 0.251 e. The molecule has 22 heavy (non-hydrogen) atoms. The van der Waals surface area contributed by atoms with Crippen molar-refractivity contribution in [1.82, 2.24) is 15.1 Å². The second-order valence-corrected chi connectivity index (χ2v) is 5.62. The number of benzene rings is 1. The van der Waals surface area contributed by atoms with E-state index >= 15 is 0 Å². The van der Waals surface area contributed by atoms with Gasteiger partial charge in [-0.05, 0) is 42.7 Å². The molecule has 118 valence electrons. The van der Waals surface area contributed by atoms with Gasteiger partial charge in [-0.2, -0.15) is 5.10 Å². The molecule has 1 heterocycles. The van der Waals surface area contributed by atoms with Crippen molar-refractivity contribution in [2.24, 2.45) is 5.92 Å². The number of aromatic nitrogens is 2. The van der Waals surface area contributed by atoms with Gasteiger partial charge in [0.25, 0.3) is 5.91 Å². The second kappa shape index (κ2) is 8.37. The fourth-order valence-corrected chi connectivity index (χ4v) is 2.47. The molecule has 0 saturated carbocycles. The average molecular weight is 299 g/mol. The molecule has 4 heteroatoms. The fraction of sp³-hybridized carbons (Fsp3) is 0.444. The minimum atomic E-state index is 0.00182. The van der Waals surface area contributed by atoms with Crippen molar-refractivity contribution in [3.05, 3.63) is 48.3 Å². The number of carbonyl (C=O) groups is 1. The van der Waals surface area contributed by atoms with Crippen LogP contribution in [0.4, 0.5) is 0 Å². The predicted molar refractivity (Wildman–Crippen MR) is 89.2 cm³/mol. The Morgan fingerprint density at radius 3 is 2.64 bits per heavy atom. The van der Waals surface area contributed by atoms with E-state index in [9.17, 15) is 4.79 Å². The first-order chi connectivity index (χ1) is 10.7. The first-order valence-corrected chi connectivity index (χ1v) is 8.12. The Morgan fingerprint density at radius 1 is 1.27 bits per heavy atom. The Kier molecular flexibility index (Phi) is 6.19. The van der Waals surface area contributed by atoms with Crippen molar-refractivity contribution in [3.8, 4) is 5.69 Å². The van der Waals surface area contributed by atoms with Crippen LogP contribution in [0.3, 0.4) is 0 Å². The summed E-state index contributed by atoms with van der Waals surface area (Å²) in [5, 5.41) is 7.23. The number of rotatable bonds is 8. The van der Waals surface area contributed by atoms with Crippen LogP contribution in [0.15, 0.2) is 42.7 Å². The molecule has 0 aliphatic heterocycles. The van der Waals surface area contributed by atoms with Crippen LogP contribution in [0.2, 0.25) is 0 Å². The van der Waals surface area contributed by atoms with Crippen LogP contribution in [0, 0.1) is 5.92 Å². The van der Waals surface area contributed by atoms with Gasteiger partial charge in [0, 0.05) is 24.5 Å². The molecule has 4 nitrogen and oxygen atoms in total. The molecule has 0 saturated heterocycles. The van der Waals surface area contributed by atoms with E-state index in [0.717, 1.165) is 18.7 Å². The molecule has 1 atom stereocenters. The van der Waals surface area contributed by atoms with E-state index in [4.69, 9.17) is 0 Å². The maximum atomic E-state index is 12.2. The zero-order valence-corrected chi connectivity index (χ0v) is 13.5. The van der Waals surface area contributed by atoms with E-state index in [1.165, 1.54) is 19.3 Å². The van der Waals surface area contributed by atoms with E-state index < -0.39 is 0 Å². The lowest BCUT2D eigenvalue weighted by Gasteiger charge is -2.15. The summed E-state index contributed by atoms with van der Waals surface area (Å²) in [7, 11) is 0. The second-order valence-electron chi connectivity index (χ2n) is 5.62. The van der Waals surface area contributed by atoms with Gasteiger partial charge in [-0.25, -0.2) is 4.68 Å². The molecule has 0 aliphatic rings. The molecule has 1 aromatic carbocycles. The maximum absolute atomic E-state index is 12.2. The van der Waals surface area contributed by atoms with Gasteiger partial charge in [0.1, 0.15) is 0 Å². The molecule has 2 rings (SSSR count). The number of amides is 1. The van der Waals surface area contributed by atoms with E-state index in [0.29, 0.717) is 11.5 Å². The van der Waals surface area contributed by atoms with Crippen LogP contribution in [0.25, 0.3) is 5.69 Å². The Labute approximate surface area is 132 Å². The van der Waals surface area contributed by atoms with Gasteiger partial charge >= 0.3 is 0 Å². The van der Waals surface area contributed by atoms with Crippen LogP contribution >= 0.6 is 0 Å². The van der Waals surface area contributed by atoms with Gasteiger partial charge in [-0.3, -0.25) is 4.79 Å². The van der Waals surface area contributed by atoms with Crippen molar-refractivity contribution >= 4 is 5.91 Å². The van der Waals surface area contributed by atoms with E-state index in [1.807, 2.05) is 36.5 Å². The predicted octanol–water partition coefficient (Wildman–Crippen LogP) is 3.82. The first kappa shape index (κ1) is 16.3. The Bertz CT molecular complexity index is 561. The SMILES string of the molecule is CCCCC(CC)CNC(=O)c1ccc(-n2cccn2)cc1. The molecular formula is C18H25N3O. The third-order valence-corrected chi connectivity index (χ3v) is 3.99. The highest BCUT2D eigenvalue weighted by Gasteiger charge is 2.10. The molecule has 0 radical (unpaired) electrons. The summed E-state index contributed by atoms with van der Waals surface area (Å²) in [6.45, 7) is 5.15. The normalized spacial score (nSPS) is 12.1. The third-order valence-electron chi connectivity index (χ3n) is 3.99. The summed E-state index contributed by atoms with van der Waals surface area (Å²) in [4.78, 5) is 12.2. The zero-order valence-electron chi connectivity index (χ0n) is 13.5. The van der Waals surface area contributed by atoms with Crippen LogP contribution in [0.5, 0.6) is 0 Å². The van der Waals surface area contributed by atoms with Crippen LogP contribution in [-0.2, 0) is 0 Å². The Hall–Kier alpha value is -2.10. The van der Waals surface area contributed by atoms with Crippen molar-refractivity contribution in [2.45, 2.75) is 39.5 Å². The van der Waals surface area contributed by atoms with Crippen LogP contribution in [0.1, 0.15) is 49.9 Å². The van der Waals surface area contributed by atoms with Gasteiger partial charge in [-0.1, -0.05) is 33.1 Å². The minimum Gasteiger partial charge on any atom is -0.352 e. The van der Waals surface area contributed by atoms with Gasteiger partial charge in [-0.15, -0.1) is 0 Å². The highest BCUT2D eigenvalue weighted by molar-refractivity contribution is 5.94. The average Bonchev–Trinajstić information content (AvgIpc) is 3.09. The Balaban J connectivity index is 1.89. The van der Waals surface area contributed by atoms with E-state index in [-0.39, 0.29) is 5.91 Å². The van der Waals surface area contributed by atoms with Gasteiger partial charge in [0.15, 0.2) is 0 Å². The summed E-state index contributed by atoms with van der Waals surface area (Å²) >= 11 is 0. The van der Waals surface area contributed by atoms with E-state index in [2.05, 4.69) is 24.3 Å². The summed E-state index contributed by atoms with van der Waals surface area (Å²) in [5.41, 5.74) is 1.65. The molecule has 0 fully saturated rings. The van der Waals surface area contributed by atoms with Crippen molar-refractivity contribution in [1.29, 1.82) is 0 Å². The number of unbranched alkanes of at least 4 members (excludes halogenated alkanes) is 1. The quantitative estimate of drug-likeness (QED) is 0.805. The summed E-state index contributed by atoms with van der Waals surface area (Å²) in [5.74, 6) is 0.578. The number of carbonyl (C=O) groups excluding carboxylic acids is 1. The van der Waals surface area contributed by atoms with Gasteiger partial charge in [0.2, 0.25) is 0 Å². The smallest absolute Gasteiger partial charge is 0.251 e.